The van der Waals surface area contributed by atoms with E-state index in [0.29, 0.717) is 30.6 Å². The van der Waals surface area contributed by atoms with Crippen molar-refractivity contribution in [2.75, 3.05) is 13.1 Å². The number of amides is 1. The lowest BCUT2D eigenvalue weighted by molar-refractivity contribution is -0.138. The molecule has 2 aliphatic rings. The standard InChI is InChI=1S/C27H28F3N5O/c1-16-20(6-4-7-22(16)27(28,29)30)17(2)32-26-21-14-23(19-9-12-34(13-10-19)18(3)36)31-15-24(21)35-11-5-8-25(35)33-26/h4,6-7,9,14-15,17H,5,8,10-13H2,1-3H3/t17-/m1/s1. The molecular weight excluding hydrogens is 467 g/mol. The first kappa shape index (κ1) is 24.2. The van der Waals surface area contributed by atoms with E-state index in [1.807, 2.05) is 18.3 Å². The molecule has 1 aromatic carbocycles. The molecule has 0 fully saturated rings. The maximum absolute atomic E-state index is 13.5. The molecule has 4 heterocycles. The van der Waals surface area contributed by atoms with E-state index in [2.05, 4.69) is 4.57 Å². The van der Waals surface area contributed by atoms with Gasteiger partial charge in [-0.3, -0.25) is 14.8 Å². The van der Waals surface area contributed by atoms with E-state index in [1.165, 1.54) is 13.0 Å². The van der Waals surface area contributed by atoms with Gasteiger partial charge in [0, 0.05) is 38.4 Å². The first-order valence-electron chi connectivity index (χ1n) is 12.2. The van der Waals surface area contributed by atoms with Crippen LogP contribution in [0.1, 0.15) is 60.9 Å². The lowest BCUT2D eigenvalue weighted by Gasteiger charge is -2.25. The Kier molecular flexibility index (Phi) is 6.18. The third-order valence-corrected chi connectivity index (χ3v) is 7.17. The van der Waals surface area contributed by atoms with E-state index in [9.17, 15) is 18.0 Å². The minimum absolute atomic E-state index is 0.0490. The Morgan fingerprint density at radius 2 is 2.00 bits per heavy atom. The molecule has 0 radical (unpaired) electrons. The number of fused-ring (bicyclic) bond motifs is 3. The fourth-order valence-electron chi connectivity index (χ4n) is 5.19. The van der Waals surface area contributed by atoms with Crippen molar-refractivity contribution in [3.63, 3.8) is 0 Å². The minimum atomic E-state index is -4.42. The topological polar surface area (TPSA) is 63.4 Å². The zero-order chi connectivity index (χ0) is 25.6. The molecule has 1 amide bonds. The number of aromatic nitrogens is 3. The normalized spacial score (nSPS) is 17.3. The summed E-state index contributed by atoms with van der Waals surface area (Å²) in [5.74, 6) is 0.964. The number of nitrogens with zero attached hydrogens (tertiary/aromatic N) is 5. The van der Waals surface area contributed by atoms with Gasteiger partial charge in [-0.25, -0.2) is 4.98 Å². The molecule has 0 aliphatic carbocycles. The summed E-state index contributed by atoms with van der Waals surface area (Å²) < 4.78 is 42.6. The van der Waals surface area contributed by atoms with Crippen molar-refractivity contribution in [2.45, 2.75) is 58.8 Å². The van der Waals surface area contributed by atoms with Gasteiger partial charge in [-0.05, 0) is 55.5 Å². The first-order valence-corrected chi connectivity index (χ1v) is 12.2. The zero-order valence-corrected chi connectivity index (χ0v) is 20.6. The Balaban J connectivity index is 1.62. The fraction of sp³-hybridized carbons (Fsp3) is 0.407. The highest BCUT2D eigenvalue weighted by Crippen LogP contribution is 2.35. The second-order valence-corrected chi connectivity index (χ2v) is 9.46. The van der Waals surface area contributed by atoms with Gasteiger partial charge in [0.25, 0.3) is 0 Å². The van der Waals surface area contributed by atoms with Crippen molar-refractivity contribution >= 4 is 22.4 Å². The van der Waals surface area contributed by atoms with Gasteiger partial charge >= 0.3 is 6.18 Å². The van der Waals surface area contributed by atoms with Gasteiger partial charge in [-0.2, -0.15) is 13.2 Å². The first-order chi connectivity index (χ1) is 17.1. The van der Waals surface area contributed by atoms with Gasteiger partial charge in [0.2, 0.25) is 5.91 Å². The number of rotatable bonds is 3. The molecule has 0 bridgehead atoms. The number of halogens is 3. The van der Waals surface area contributed by atoms with E-state index in [1.54, 1.807) is 24.8 Å². The molecule has 6 nitrogen and oxygen atoms in total. The number of hydrogen-bond donors (Lipinski definition) is 0. The van der Waals surface area contributed by atoms with Crippen LogP contribution >= 0.6 is 0 Å². The van der Waals surface area contributed by atoms with Crippen LogP contribution in [0, 0.1) is 6.92 Å². The van der Waals surface area contributed by atoms with E-state index >= 15 is 0 Å². The number of carbonyl (C=O) groups is 1. The third kappa shape index (κ3) is 4.42. The average Bonchev–Trinajstić information content (AvgIpc) is 3.32. The van der Waals surface area contributed by atoms with Gasteiger partial charge in [-0.15, -0.1) is 0 Å². The lowest BCUT2D eigenvalue weighted by Crippen LogP contribution is -2.32. The van der Waals surface area contributed by atoms with E-state index in [4.69, 9.17) is 15.0 Å². The van der Waals surface area contributed by atoms with E-state index in [-0.39, 0.29) is 11.5 Å². The van der Waals surface area contributed by atoms with Crippen LogP contribution in [0.15, 0.2) is 41.5 Å². The highest BCUT2D eigenvalue weighted by molar-refractivity contribution is 5.82. The van der Waals surface area contributed by atoms with Gasteiger partial charge < -0.3 is 9.47 Å². The molecule has 5 rings (SSSR count). The summed E-state index contributed by atoms with van der Waals surface area (Å²) in [6.07, 6.45) is 1.96. The Bertz CT molecular complexity index is 1450. The smallest absolute Gasteiger partial charge is 0.339 e. The van der Waals surface area contributed by atoms with Crippen molar-refractivity contribution in [1.29, 1.82) is 0 Å². The molecule has 1 atom stereocenters. The third-order valence-electron chi connectivity index (χ3n) is 7.17. The lowest BCUT2D eigenvalue weighted by atomic mass is 9.97. The van der Waals surface area contributed by atoms with Crippen LogP contribution in [0.25, 0.3) is 16.5 Å². The van der Waals surface area contributed by atoms with Gasteiger partial charge in [0.1, 0.15) is 5.82 Å². The van der Waals surface area contributed by atoms with Crippen molar-refractivity contribution in [3.05, 3.63) is 70.2 Å². The Labute approximate surface area is 207 Å². The molecule has 188 valence electrons. The Morgan fingerprint density at radius 3 is 2.69 bits per heavy atom. The van der Waals surface area contributed by atoms with Crippen LogP contribution in [0.2, 0.25) is 0 Å². The summed E-state index contributed by atoms with van der Waals surface area (Å²) in [5.41, 5.74) is 3.40. The Hall–Kier alpha value is -3.49. The predicted molar refractivity (Wildman–Crippen MR) is 131 cm³/mol. The molecule has 2 aliphatic heterocycles. The molecule has 9 heteroatoms. The number of aryl methyl sites for hydroxylation is 2. The number of carbonyl (C=O) groups excluding carboxylic acids is 1. The summed E-state index contributed by atoms with van der Waals surface area (Å²) >= 11 is 0. The van der Waals surface area contributed by atoms with Crippen molar-refractivity contribution in [2.24, 2.45) is 4.99 Å². The van der Waals surface area contributed by atoms with E-state index < -0.39 is 17.8 Å². The van der Waals surface area contributed by atoms with Crippen LogP contribution in [-0.4, -0.2) is 38.4 Å². The van der Waals surface area contributed by atoms with Gasteiger partial charge in [-0.1, -0.05) is 18.2 Å². The monoisotopic (exact) mass is 495 g/mol. The van der Waals surface area contributed by atoms with Crippen LogP contribution in [0.3, 0.4) is 0 Å². The van der Waals surface area contributed by atoms with Crippen molar-refractivity contribution in [3.8, 4) is 0 Å². The minimum Gasteiger partial charge on any atom is -0.339 e. The molecule has 0 unspecified atom stereocenters. The highest BCUT2D eigenvalue weighted by Gasteiger charge is 2.33. The Morgan fingerprint density at radius 1 is 1.19 bits per heavy atom. The highest BCUT2D eigenvalue weighted by atomic mass is 19.4. The molecule has 0 saturated carbocycles. The summed E-state index contributed by atoms with van der Waals surface area (Å²) in [4.78, 5) is 27.9. The van der Waals surface area contributed by atoms with Crippen molar-refractivity contribution in [1.82, 2.24) is 19.4 Å². The average molecular weight is 496 g/mol. The number of hydrogen-bond acceptors (Lipinski definition) is 4. The maximum Gasteiger partial charge on any atom is 0.416 e. The van der Waals surface area contributed by atoms with Crippen LogP contribution in [0.5, 0.6) is 0 Å². The number of benzene rings is 1. The predicted octanol–water partition coefficient (Wildman–Crippen LogP) is 5.00. The summed E-state index contributed by atoms with van der Waals surface area (Å²) in [6.45, 7) is 6.90. The molecule has 0 N–H and O–H groups in total. The molecule has 2 aromatic heterocycles. The summed E-state index contributed by atoms with van der Waals surface area (Å²) in [7, 11) is 0. The summed E-state index contributed by atoms with van der Waals surface area (Å²) in [5, 5.41) is 0.831. The molecule has 0 spiro atoms. The van der Waals surface area contributed by atoms with E-state index in [0.717, 1.165) is 53.4 Å². The SMILES string of the molecule is CC(=O)N1CC=C(c2cc3c(=N[C@H](C)c4cccc(C(F)(F)F)c4C)nc4n(c3cn2)CCC4)CC1. The molecule has 36 heavy (non-hydrogen) atoms. The quantitative estimate of drug-likeness (QED) is 0.514. The number of pyridine rings is 1. The van der Waals surface area contributed by atoms with Gasteiger partial charge in [0.05, 0.1) is 29.0 Å². The fourth-order valence-corrected chi connectivity index (χ4v) is 5.19. The molecular formula is C27H28F3N5O. The summed E-state index contributed by atoms with van der Waals surface area (Å²) in [6, 6.07) is 5.71. The zero-order valence-electron chi connectivity index (χ0n) is 20.6. The largest absolute Gasteiger partial charge is 0.416 e. The van der Waals surface area contributed by atoms with Crippen LogP contribution in [0.4, 0.5) is 13.2 Å². The molecule has 3 aromatic rings. The maximum atomic E-state index is 13.5. The van der Waals surface area contributed by atoms with Crippen LogP contribution < -0.4 is 5.49 Å². The molecule has 0 saturated heterocycles. The second-order valence-electron chi connectivity index (χ2n) is 9.46. The number of alkyl halides is 3. The van der Waals surface area contributed by atoms with Gasteiger partial charge in [0.15, 0.2) is 5.49 Å². The second kappa shape index (κ2) is 9.19. The van der Waals surface area contributed by atoms with Crippen LogP contribution in [-0.2, 0) is 23.9 Å². The van der Waals surface area contributed by atoms with Crippen molar-refractivity contribution < 1.29 is 18.0 Å².